The van der Waals surface area contributed by atoms with E-state index in [1.807, 2.05) is 23.1 Å². The van der Waals surface area contributed by atoms with Gasteiger partial charge < -0.3 is 4.90 Å². The van der Waals surface area contributed by atoms with E-state index >= 15 is 0 Å². The molecule has 1 N–H and O–H groups in total. The van der Waals surface area contributed by atoms with Gasteiger partial charge >= 0.3 is 0 Å². The monoisotopic (exact) mass is 272 g/mol. The third kappa shape index (κ3) is 2.47. The van der Waals surface area contributed by atoms with E-state index in [4.69, 9.17) is 0 Å². The van der Waals surface area contributed by atoms with Crippen LogP contribution >= 0.6 is 0 Å². The van der Waals surface area contributed by atoms with Gasteiger partial charge in [0.25, 0.3) is 0 Å². The Labute approximate surface area is 121 Å². The molecule has 3 heteroatoms. The fourth-order valence-corrected chi connectivity index (χ4v) is 2.86. The molecule has 1 aromatic carbocycles. The topological polar surface area (TPSA) is 32.3 Å². The Morgan fingerprint density at radius 1 is 1.25 bits per heavy atom. The maximum atomic E-state index is 12.7. The van der Waals surface area contributed by atoms with Gasteiger partial charge in [-0.15, -0.1) is 0 Å². The minimum Gasteiger partial charge on any atom is -0.321 e. The van der Waals surface area contributed by atoms with Crippen molar-refractivity contribution >= 4 is 5.91 Å². The van der Waals surface area contributed by atoms with Crippen LogP contribution in [0.15, 0.2) is 30.3 Å². The number of carbonyl (C=O) groups excluding carboxylic acids is 1. The van der Waals surface area contributed by atoms with Gasteiger partial charge in [0.05, 0.1) is 0 Å². The molecule has 3 rings (SSSR count). The Hall–Kier alpha value is -1.35. The van der Waals surface area contributed by atoms with Gasteiger partial charge in [-0.2, -0.15) is 0 Å². The highest BCUT2D eigenvalue weighted by Gasteiger charge is 2.59. The Kier molecular flexibility index (Phi) is 3.13. The molecule has 1 aliphatic heterocycles. The van der Waals surface area contributed by atoms with Gasteiger partial charge in [-0.25, -0.2) is 0 Å². The van der Waals surface area contributed by atoms with Crippen LogP contribution in [0.25, 0.3) is 0 Å². The first-order valence-electron chi connectivity index (χ1n) is 7.55. The quantitative estimate of drug-likeness (QED) is 0.917. The summed E-state index contributed by atoms with van der Waals surface area (Å²) in [6, 6.07) is 10.3. The summed E-state index contributed by atoms with van der Waals surface area (Å²) in [7, 11) is 0. The average Bonchev–Trinajstić information content (AvgIpc) is 3.12. The Bertz CT molecular complexity index is 499. The van der Waals surface area contributed by atoms with Crippen molar-refractivity contribution < 1.29 is 4.79 Å². The molecule has 2 aliphatic rings. The van der Waals surface area contributed by atoms with Crippen molar-refractivity contribution in [3.8, 4) is 0 Å². The van der Waals surface area contributed by atoms with Gasteiger partial charge in [-0.05, 0) is 30.2 Å². The minimum absolute atomic E-state index is 0.0496. The van der Waals surface area contributed by atoms with Crippen LogP contribution in [-0.2, 0) is 4.79 Å². The zero-order valence-corrected chi connectivity index (χ0v) is 12.6. The van der Waals surface area contributed by atoms with Crippen molar-refractivity contribution in [2.75, 3.05) is 6.54 Å². The van der Waals surface area contributed by atoms with Crippen molar-refractivity contribution in [3.05, 3.63) is 35.9 Å². The first-order valence-corrected chi connectivity index (χ1v) is 7.55. The van der Waals surface area contributed by atoms with E-state index in [1.54, 1.807) is 0 Å². The van der Waals surface area contributed by atoms with E-state index in [9.17, 15) is 4.79 Å². The highest BCUT2D eigenvalue weighted by atomic mass is 16.2. The molecule has 20 heavy (non-hydrogen) atoms. The Morgan fingerprint density at radius 2 is 1.90 bits per heavy atom. The maximum absolute atomic E-state index is 12.7. The highest BCUT2D eigenvalue weighted by molar-refractivity contribution is 5.92. The lowest BCUT2D eigenvalue weighted by molar-refractivity contribution is -0.131. The largest absolute Gasteiger partial charge is 0.321 e. The molecule has 3 nitrogen and oxygen atoms in total. The summed E-state index contributed by atoms with van der Waals surface area (Å²) in [5.41, 5.74) is 1.21. The van der Waals surface area contributed by atoms with Gasteiger partial charge in [0.2, 0.25) is 5.91 Å². The van der Waals surface area contributed by atoms with E-state index in [0.29, 0.717) is 5.91 Å². The molecule has 1 heterocycles. The summed E-state index contributed by atoms with van der Waals surface area (Å²) in [5.74, 6) is 0.301. The molecule has 1 unspecified atom stereocenters. The molecule has 1 spiro atoms. The number of carbonyl (C=O) groups is 1. The molecular weight excluding hydrogens is 248 g/mol. The van der Waals surface area contributed by atoms with Crippen molar-refractivity contribution in [1.82, 2.24) is 10.2 Å². The molecule has 0 bridgehead atoms. The minimum atomic E-state index is -0.238. The van der Waals surface area contributed by atoms with Crippen LogP contribution in [0.2, 0.25) is 0 Å². The molecule has 1 amide bonds. The second kappa shape index (κ2) is 4.59. The number of nitrogens with one attached hydrogen (secondary N) is 1. The summed E-state index contributed by atoms with van der Waals surface area (Å²) < 4.78 is 0. The van der Waals surface area contributed by atoms with E-state index in [1.165, 1.54) is 5.56 Å². The van der Waals surface area contributed by atoms with Crippen molar-refractivity contribution in [3.63, 3.8) is 0 Å². The molecule has 0 radical (unpaired) electrons. The normalized spacial score (nSPS) is 24.4. The Morgan fingerprint density at radius 3 is 2.45 bits per heavy atom. The number of hydrogen-bond donors (Lipinski definition) is 1. The molecule has 1 aromatic rings. The first-order chi connectivity index (χ1) is 9.41. The van der Waals surface area contributed by atoms with Crippen LogP contribution in [0, 0.1) is 5.41 Å². The van der Waals surface area contributed by atoms with Crippen LogP contribution < -0.4 is 5.32 Å². The van der Waals surface area contributed by atoms with Gasteiger partial charge in [-0.1, -0.05) is 51.1 Å². The van der Waals surface area contributed by atoms with Crippen molar-refractivity contribution in [2.24, 2.45) is 5.41 Å². The van der Waals surface area contributed by atoms with Gasteiger partial charge in [-0.3, -0.25) is 10.1 Å². The van der Waals surface area contributed by atoms with Gasteiger partial charge in [0.1, 0.15) is 11.7 Å². The lowest BCUT2D eigenvalue weighted by Gasteiger charge is -2.28. The van der Waals surface area contributed by atoms with E-state index in [0.717, 1.165) is 25.8 Å². The first kappa shape index (κ1) is 13.6. The molecule has 0 aromatic heterocycles. The summed E-state index contributed by atoms with van der Waals surface area (Å²) >= 11 is 0. The van der Waals surface area contributed by atoms with Crippen LogP contribution in [0.5, 0.6) is 0 Å². The fourth-order valence-electron chi connectivity index (χ4n) is 2.86. The fraction of sp³-hybridized carbons (Fsp3) is 0.588. The number of nitrogens with zero attached hydrogens (tertiary/aromatic N) is 1. The highest BCUT2D eigenvalue weighted by Crippen LogP contribution is 2.46. The SMILES string of the molecule is CC(C)(C)CCN1C(=O)C2(CC2)NC1c1ccccc1. The van der Waals surface area contributed by atoms with E-state index < -0.39 is 0 Å². The summed E-state index contributed by atoms with van der Waals surface area (Å²) in [4.78, 5) is 14.7. The smallest absolute Gasteiger partial charge is 0.244 e. The lowest BCUT2D eigenvalue weighted by atomic mass is 9.92. The molecule has 2 fully saturated rings. The van der Waals surface area contributed by atoms with Gasteiger partial charge in [0.15, 0.2) is 0 Å². The third-order valence-corrected chi connectivity index (χ3v) is 4.36. The summed E-state index contributed by atoms with van der Waals surface area (Å²) in [6.45, 7) is 7.51. The molecule has 1 saturated heterocycles. The van der Waals surface area contributed by atoms with Crippen molar-refractivity contribution in [1.29, 1.82) is 0 Å². The number of benzene rings is 1. The van der Waals surface area contributed by atoms with Crippen LogP contribution in [0.3, 0.4) is 0 Å². The number of hydrogen-bond acceptors (Lipinski definition) is 2. The van der Waals surface area contributed by atoms with Crippen LogP contribution in [-0.4, -0.2) is 22.9 Å². The Balaban J connectivity index is 1.82. The predicted octanol–water partition coefficient (Wildman–Crippen LogP) is 3.09. The van der Waals surface area contributed by atoms with Crippen LogP contribution in [0.1, 0.15) is 51.8 Å². The standard InChI is InChI=1S/C17H24N2O/c1-16(2,3)11-12-19-14(13-7-5-4-6-8-13)18-17(9-10-17)15(19)20/h4-8,14,18H,9-12H2,1-3H3. The molecule has 1 atom stereocenters. The zero-order valence-electron chi connectivity index (χ0n) is 12.6. The number of rotatable bonds is 3. The van der Waals surface area contributed by atoms with Crippen molar-refractivity contribution in [2.45, 2.75) is 51.7 Å². The lowest BCUT2D eigenvalue weighted by Crippen LogP contribution is -2.34. The molecule has 1 aliphatic carbocycles. The third-order valence-electron chi connectivity index (χ3n) is 4.36. The predicted molar refractivity (Wildman–Crippen MR) is 80.1 cm³/mol. The second-order valence-electron chi connectivity index (χ2n) is 7.35. The molecule has 1 saturated carbocycles. The molecular formula is C17H24N2O. The molecule has 108 valence electrons. The van der Waals surface area contributed by atoms with Gasteiger partial charge in [0, 0.05) is 6.54 Å². The van der Waals surface area contributed by atoms with E-state index in [2.05, 4.69) is 38.2 Å². The van der Waals surface area contributed by atoms with Crippen LogP contribution in [0.4, 0.5) is 0 Å². The van der Waals surface area contributed by atoms with E-state index in [-0.39, 0.29) is 17.1 Å². The summed E-state index contributed by atoms with van der Waals surface area (Å²) in [5, 5.41) is 3.57. The second-order valence-corrected chi connectivity index (χ2v) is 7.35. The number of amides is 1. The maximum Gasteiger partial charge on any atom is 0.244 e. The summed E-state index contributed by atoms with van der Waals surface area (Å²) in [6.07, 6.45) is 3.05. The zero-order chi connectivity index (χ0) is 14.4. The average molecular weight is 272 g/mol.